The van der Waals surface area contributed by atoms with Crippen molar-refractivity contribution < 1.29 is 14.3 Å². The second-order valence-corrected chi connectivity index (χ2v) is 6.85. The Hall–Kier alpha value is -2.50. The molecule has 0 unspecified atom stereocenters. The van der Waals surface area contributed by atoms with Gasteiger partial charge in [0, 0.05) is 30.4 Å². The van der Waals surface area contributed by atoms with Crippen LogP contribution in [0.1, 0.15) is 17.1 Å². The van der Waals surface area contributed by atoms with Crippen LogP contribution in [0.3, 0.4) is 0 Å². The van der Waals surface area contributed by atoms with Gasteiger partial charge in [0.1, 0.15) is 18.1 Å². The molecule has 26 heavy (non-hydrogen) atoms. The number of aryl methyl sites for hydroxylation is 1. The molecule has 0 fully saturated rings. The van der Waals surface area contributed by atoms with Gasteiger partial charge in [-0.15, -0.1) is 0 Å². The van der Waals surface area contributed by atoms with Crippen LogP contribution < -0.4 is 4.74 Å². The number of aromatic hydroxyl groups is 1. The molecule has 6 heteroatoms. The minimum absolute atomic E-state index is 0.130. The monoisotopic (exact) mass is 370 g/mol. The maximum absolute atomic E-state index is 10.4. The van der Waals surface area contributed by atoms with E-state index in [1.807, 2.05) is 31.2 Å². The van der Waals surface area contributed by atoms with Crippen molar-refractivity contribution in [2.75, 3.05) is 13.2 Å². The van der Waals surface area contributed by atoms with E-state index in [1.165, 1.54) is 0 Å². The number of hydrogen-bond donors (Lipinski definition) is 1. The number of benzene rings is 1. The standard InChI is InChI=1S/C20H19ClN2O3/c1-13-2-4-17(26-13)12-23-6-7-25-20-15(11-23)8-14(9-19(20)24)18-5-3-16(21)10-22-18/h2-5,8-10,24H,6-7,11-12H2,1H3. The van der Waals surface area contributed by atoms with Crippen LogP contribution in [0, 0.1) is 6.92 Å². The van der Waals surface area contributed by atoms with E-state index in [0.717, 1.165) is 34.9 Å². The largest absolute Gasteiger partial charge is 0.504 e. The fraction of sp³-hybridized carbons (Fsp3) is 0.250. The highest BCUT2D eigenvalue weighted by atomic mass is 35.5. The summed E-state index contributed by atoms with van der Waals surface area (Å²) >= 11 is 5.92. The normalized spacial score (nSPS) is 14.5. The van der Waals surface area contributed by atoms with Gasteiger partial charge in [0.2, 0.25) is 0 Å². The lowest BCUT2D eigenvalue weighted by molar-refractivity contribution is 0.204. The molecule has 1 N–H and O–H groups in total. The first-order valence-electron chi connectivity index (χ1n) is 8.47. The highest BCUT2D eigenvalue weighted by Crippen LogP contribution is 2.37. The van der Waals surface area contributed by atoms with Crippen LogP contribution in [-0.2, 0) is 13.1 Å². The number of ether oxygens (including phenoxy) is 1. The lowest BCUT2D eigenvalue weighted by Gasteiger charge is -2.18. The zero-order valence-corrected chi connectivity index (χ0v) is 15.2. The molecule has 0 atom stereocenters. The third-order valence-corrected chi connectivity index (χ3v) is 4.62. The summed E-state index contributed by atoms with van der Waals surface area (Å²) in [6, 6.07) is 11.3. The molecule has 1 aliphatic rings. The maximum atomic E-state index is 10.4. The van der Waals surface area contributed by atoms with Crippen molar-refractivity contribution in [3.05, 3.63) is 64.7 Å². The second kappa shape index (κ2) is 7.02. The second-order valence-electron chi connectivity index (χ2n) is 6.42. The van der Waals surface area contributed by atoms with E-state index in [1.54, 1.807) is 18.3 Å². The van der Waals surface area contributed by atoms with Crippen molar-refractivity contribution in [2.45, 2.75) is 20.0 Å². The number of nitrogens with zero attached hydrogens (tertiary/aromatic N) is 2. The lowest BCUT2D eigenvalue weighted by Crippen LogP contribution is -2.25. The predicted molar refractivity (Wildman–Crippen MR) is 99.4 cm³/mol. The SMILES string of the molecule is Cc1ccc(CN2CCOc3c(O)cc(-c4ccc(Cl)cn4)cc3C2)o1. The molecule has 3 aromatic rings. The molecule has 3 heterocycles. The molecule has 0 amide bonds. The van der Waals surface area contributed by atoms with Crippen molar-refractivity contribution >= 4 is 11.6 Å². The van der Waals surface area contributed by atoms with Crippen LogP contribution in [0.2, 0.25) is 5.02 Å². The first-order valence-corrected chi connectivity index (χ1v) is 8.84. The van der Waals surface area contributed by atoms with Crippen LogP contribution in [-0.4, -0.2) is 28.1 Å². The van der Waals surface area contributed by atoms with Gasteiger partial charge in [0.25, 0.3) is 0 Å². The van der Waals surface area contributed by atoms with Crippen LogP contribution in [0.5, 0.6) is 11.5 Å². The minimum Gasteiger partial charge on any atom is -0.504 e. The first kappa shape index (κ1) is 16.9. The molecule has 134 valence electrons. The van der Waals surface area contributed by atoms with E-state index >= 15 is 0 Å². The summed E-state index contributed by atoms with van der Waals surface area (Å²) in [5.74, 6) is 2.50. The first-order chi connectivity index (χ1) is 12.6. The fourth-order valence-corrected chi connectivity index (χ4v) is 3.28. The van der Waals surface area contributed by atoms with Gasteiger partial charge in [-0.2, -0.15) is 0 Å². The molecular formula is C20H19ClN2O3. The predicted octanol–water partition coefficient (Wildman–Crippen LogP) is 4.40. The maximum Gasteiger partial charge on any atom is 0.165 e. The molecule has 1 aliphatic heterocycles. The van der Waals surface area contributed by atoms with Crippen molar-refractivity contribution in [1.29, 1.82) is 0 Å². The van der Waals surface area contributed by atoms with Gasteiger partial charge in [-0.3, -0.25) is 9.88 Å². The molecule has 0 bridgehead atoms. The van der Waals surface area contributed by atoms with E-state index in [9.17, 15) is 5.11 Å². The van der Waals surface area contributed by atoms with Crippen molar-refractivity contribution in [3.63, 3.8) is 0 Å². The minimum atomic E-state index is 0.130. The zero-order valence-electron chi connectivity index (χ0n) is 14.4. The van der Waals surface area contributed by atoms with Crippen LogP contribution in [0.15, 0.2) is 47.0 Å². The Bertz CT molecular complexity index is 921. The summed E-state index contributed by atoms with van der Waals surface area (Å²) in [5.41, 5.74) is 2.51. The molecule has 1 aromatic carbocycles. The quantitative estimate of drug-likeness (QED) is 0.740. The summed E-state index contributed by atoms with van der Waals surface area (Å²) < 4.78 is 11.5. The number of rotatable bonds is 3. The van der Waals surface area contributed by atoms with E-state index < -0.39 is 0 Å². The molecular weight excluding hydrogens is 352 g/mol. The molecule has 4 rings (SSSR count). The third kappa shape index (κ3) is 3.54. The Morgan fingerprint density at radius 2 is 2.12 bits per heavy atom. The highest BCUT2D eigenvalue weighted by molar-refractivity contribution is 6.30. The van der Waals surface area contributed by atoms with Gasteiger partial charge < -0.3 is 14.3 Å². The number of aromatic nitrogens is 1. The van der Waals surface area contributed by atoms with Gasteiger partial charge in [-0.1, -0.05) is 11.6 Å². The Morgan fingerprint density at radius 1 is 1.23 bits per heavy atom. The van der Waals surface area contributed by atoms with E-state index in [2.05, 4.69) is 9.88 Å². The number of phenolic OH excluding ortho intramolecular Hbond substituents is 1. The van der Waals surface area contributed by atoms with Gasteiger partial charge in [-0.25, -0.2) is 0 Å². The topological polar surface area (TPSA) is 58.7 Å². The molecule has 0 radical (unpaired) electrons. The Morgan fingerprint density at radius 3 is 2.85 bits per heavy atom. The Balaban J connectivity index is 1.64. The van der Waals surface area contributed by atoms with Gasteiger partial charge in [0.15, 0.2) is 11.5 Å². The summed E-state index contributed by atoms with van der Waals surface area (Å²) in [4.78, 5) is 6.58. The summed E-state index contributed by atoms with van der Waals surface area (Å²) in [6.45, 7) is 4.56. The average Bonchev–Trinajstić information content (AvgIpc) is 2.90. The molecule has 5 nitrogen and oxygen atoms in total. The number of phenols is 1. The van der Waals surface area contributed by atoms with Gasteiger partial charge in [0.05, 0.1) is 17.3 Å². The van der Waals surface area contributed by atoms with Crippen molar-refractivity contribution in [2.24, 2.45) is 0 Å². The number of fused-ring (bicyclic) bond motifs is 1. The zero-order chi connectivity index (χ0) is 18.1. The number of furan rings is 1. The average molecular weight is 371 g/mol. The molecule has 0 aliphatic carbocycles. The molecule has 2 aromatic heterocycles. The summed E-state index contributed by atoms with van der Waals surface area (Å²) in [7, 11) is 0. The van der Waals surface area contributed by atoms with E-state index in [0.29, 0.717) is 30.5 Å². The number of halogens is 1. The Kier molecular flexibility index (Phi) is 4.57. The highest BCUT2D eigenvalue weighted by Gasteiger charge is 2.21. The number of hydrogen-bond acceptors (Lipinski definition) is 5. The smallest absolute Gasteiger partial charge is 0.165 e. The van der Waals surface area contributed by atoms with Gasteiger partial charge >= 0.3 is 0 Å². The van der Waals surface area contributed by atoms with Crippen molar-refractivity contribution in [1.82, 2.24) is 9.88 Å². The summed E-state index contributed by atoms with van der Waals surface area (Å²) in [6.07, 6.45) is 1.60. The van der Waals surface area contributed by atoms with E-state index in [-0.39, 0.29) is 5.75 Å². The molecule has 0 saturated heterocycles. The van der Waals surface area contributed by atoms with Crippen LogP contribution >= 0.6 is 11.6 Å². The molecule has 0 saturated carbocycles. The van der Waals surface area contributed by atoms with E-state index in [4.69, 9.17) is 20.8 Å². The fourth-order valence-electron chi connectivity index (χ4n) is 3.17. The van der Waals surface area contributed by atoms with Gasteiger partial charge in [-0.05, 0) is 43.3 Å². The molecule has 0 spiro atoms. The third-order valence-electron chi connectivity index (χ3n) is 4.39. The number of pyridine rings is 1. The Labute approximate surface area is 156 Å². The van der Waals surface area contributed by atoms with Crippen molar-refractivity contribution in [3.8, 4) is 22.8 Å². The summed E-state index contributed by atoms with van der Waals surface area (Å²) in [5, 5.41) is 11.0. The van der Waals surface area contributed by atoms with Crippen LogP contribution in [0.25, 0.3) is 11.3 Å². The van der Waals surface area contributed by atoms with Crippen LogP contribution in [0.4, 0.5) is 0 Å². The lowest BCUT2D eigenvalue weighted by atomic mass is 10.0.